The van der Waals surface area contributed by atoms with Crippen molar-refractivity contribution in [3.8, 4) is 5.75 Å². The van der Waals surface area contributed by atoms with Crippen LogP contribution in [0.25, 0.3) is 0 Å². The maximum Gasteiger partial charge on any atom is 0.179 e. The number of nitrogens with one attached hydrogen (secondary N) is 1. The molecule has 0 amide bonds. The molecule has 1 unspecified atom stereocenters. The van der Waals surface area contributed by atoms with Crippen LogP contribution in [0.1, 0.15) is 43.6 Å². The number of benzene rings is 1. The SMILES string of the molecule is CCNC(C)C(=O)c1ccc(OC(C)C)c(C)c1. The second-order valence-electron chi connectivity index (χ2n) is 4.79. The Labute approximate surface area is 110 Å². The Kier molecular flexibility index (Phi) is 5.35. The first kappa shape index (κ1) is 14.7. The molecule has 1 aromatic rings. The molecule has 0 radical (unpaired) electrons. The van der Waals surface area contributed by atoms with Crippen LogP contribution in [0.15, 0.2) is 18.2 Å². The smallest absolute Gasteiger partial charge is 0.179 e. The van der Waals surface area contributed by atoms with Gasteiger partial charge in [0.25, 0.3) is 0 Å². The van der Waals surface area contributed by atoms with Gasteiger partial charge in [0.1, 0.15) is 5.75 Å². The first-order valence-corrected chi connectivity index (χ1v) is 6.50. The number of carbonyl (C=O) groups is 1. The van der Waals surface area contributed by atoms with Crippen molar-refractivity contribution in [2.24, 2.45) is 0 Å². The van der Waals surface area contributed by atoms with E-state index in [1.54, 1.807) is 0 Å². The minimum absolute atomic E-state index is 0.121. The maximum atomic E-state index is 12.1. The topological polar surface area (TPSA) is 38.3 Å². The van der Waals surface area contributed by atoms with Gasteiger partial charge in [-0.2, -0.15) is 0 Å². The number of Topliss-reactive ketones (excluding diaryl/α,β-unsaturated/α-hetero) is 1. The molecule has 3 heteroatoms. The molecule has 3 nitrogen and oxygen atoms in total. The Bertz CT molecular complexity index is 413. The summed E-state index contributed by atoms with van der Waals surface area (Å²) in [6.07, 6.45) is 0.144. The summed E-state index contributed by atoms with van der Waals surface area (Å²) in [5, 5.41) is 3.13. The molecule has 0 aliphatic heterocycles. The highest BCUT2D eigenvalue weighted by molar-refractivity contribution is 6.00. The monoisotopic (exact) mass is 249 g/mol. The molecule has 0 aromatic heterocycles. The summed E-state index contributed by atoms with van der Waals surface area (Å²) in [6, 6.07) is 5.46. The number of aryl methyl sites for hydroxylation is 1. The molecule has 0 fully saturated rings. The summed E-state index contributed by atoms with van der Waals surface area (Å²) in [5.41, 5.74) is 1.73. The van der Waals surface area contributed by atoms with E-state index in [-0.39, 0.29) is 17.9 Å². The number of hydrogen-bond donors (Lipinski definition) is 1. The van der Waals surface area contributed by atoms with Crippen molar-refractivity contribution in [3.63, 3.8) is 0 Å². The van der Waals surface area contributed by atoms with Gasteiger partial charge in [0.2, 0.25) is 0 Å². The molecule has 0 heterocycles. The highest BCUT2D eigenvalue weighted by Crippen LogP contribution is 2.21. The lowest BCUT2D eigenvalue weighted by Gasteiger charge is -2.15. The van der Waals surface area contributed by atoms with Crippen molar-refractivity contribution in [2.75, 3.05) is 6.54 Å². The minimum atomic E-state index is -0.147. The first-order chi connectivity index (χ1) is 8.45. The lowest BCUT2D eigenvalue weighted by molar-refractivity contribution is 0.0952. The first-order valence-electron chi connectivity index (χ1n) is 6.50. The molecular weight excluding hydrogens is 226 g/mol. The van der Waals surface area contributed by atoms with Gasteiger partial charge in [-0.05, 0) is 58.0 Å². The van der Waals surface area contributed by atoms with Crippen molar-refractivity contribution >= 4 is 5.78 Å². The summed E-state index contributed by atoms with van der Waals surface area (Å²) >= 11 is 0. The molecule has 18 heavy (non-hydrogen) atoms. The minimum Gasteiger partial charge on any atom is -0.491 e. The molecule has 1 aromatic carbocycles. The molecule has 0 saturated heterocycles. The van der Waals surface area contributed by atoms with E-state index in [9.17, 15) is 4.79 Å². The van der Waals surface area contributed by atoms with Gasteiger partial charge >= 0.3 is 0 Å². The van der Waals surface area contributed by atoms with Crippen LogP contribution in [0.2, 0.25) is 0 Å². The van der Waals surface area contributed by atoms with E-state index in [1.165, 1.54) is 0 Å². The van der Waals surface area contributed by atoms with Gasteiger partial charge in [-0.15, -0.1) is 0 Å². The number of carbonyl (C=O) groups excluding carboxylic acids is 1. The number of likely N-dealkylation sites (N-methyl/N-ethyl adjacent to an activating group) is 1. The van der Waals surface area contributed by atoms with Crippen molar-refractivity contribution in [1.82, 2.24) is 5.32 Å². The Hall–Kier alpha value is -1.35. The fourth-order valence-corrected chi connectivity index (χ4v) is 1.84. The molecule has 1 N–H and O–H groups in total. The third-order valence-electron chi connectivity index (χ3n) is 2.73. The highest BCUT2D eigenvalue weighted by Gasteiger charge is 2.15. The molecule has 1 atom stereocenters. The largest absolute Gasteiger partial charge is 0.491 e. The number of rotatable bonds is 6. The van der Waals surface area contributed by atoms with Gasteiger partial charge in [0, 0.05) is 5.56 Å². The summed E-state index contributed by atoms with van der Waals surface area (Å²) in [5.74, 6) is 0.966. The number of hydrogen-bond acceptors (Lipinski definition) is 3. The van der Waals surface area contributed by atoms with Crippen LogP contribution >= 0.6 is 0 Å². The fourth-order valence-electron chi connectivity index (χ4n) is 1.84. The lowest BCUT2D eigenvalue weighted by atomic mass is 10.0. The Morgan fingerprint density at radius 2 is 2.00 bits per heavy atom. The van der Waals surface area contributed by atoms with E-state index in [0.717, 1.165) is 23.4 Å². The second kappa shape index (κ2) is 6.55. The van der Waals surface area contributed by atoms with Gasteiger partial charge in [0.15, 0.2) is 5.78 Å². The zero-order valence-electron chi connectivity index (χ0n) is 11.9. The van der Waals surface area contributed by atoms with Crippen LogP contribution in [-0.4, -0.2) is 24.5 Å². The van der Waals surface area contributed by atoms with Crippen molar-refractivity contribution in [3.05, 3.63) is 29.3 Å². The van der Waals surface area contributed by atoms with Gasteiger partial charge in [0.05, 0.1) is 12.1 Å². The molecule has 0 bridgehead atoms. The maximum absolute atomic E-state index is 12.1. The van der Waals surface area contributed by atoms with E-state index in [2.05, 4.69) is 5.32 Å². The normalized spacial score (nSPS) is 12.6. The molecule has 0 aliphatic rings. The van der Waals surface area contributed by atoms with E-state index >= 15 is 0 Å². The van der Waals surface area contributed by atoms with Gasteiger partial charge in [-0.3, -0.25) is 4.79 Å². The van der Waals surface area contributed by atoms with Gasteiger partial charge < -0.3 is 10.1 Å². The van der Waals surface area contributed by atoms with E-state index in [0.29, 0.717) is 0 Å². The van der Waals surface area contributed by atoms with Gasteiger partial charge in [-0.25, -0.2) is 0 Å². The van der Waals surface area contributed by atoms with Crippen LogP contribution in [0, 0.1) is 6.92 Å². The van der Waals surface area contributed by atoms with Crippen LogP contribution < -0.4 is 10.1 Å². The number of ether oxygens (including phenoxy) is 1. The summed E-state index contributed by atoms with van der Waals surface area (Å²) in [6.45, 7) is 10.6. The molecule has 100 valence electrons. The van der Waals surface area contributed by atoms with E-state index < -0.39 is 0 Å². The zero-order valence-corrected chi connectivity index (χ0v) is 11.9. The predicted molar refractivity (Wildman–Crippen MR) is 74.4 cm³/mol. The molecule has 0 saturated carbocycles. The van der Waals surface area contributed by atoms with Crippen molar-refractivity contribution in [1.29, 1.82) is 0 Å². The summed E-state index contributed by atoms with van der Waals surface area (Å²) in [7, 11) is 0. The van der Waals surface area contributed by atoms with Crippen molar-refractivity contribution in [2.45, 2.75) is 46.8 Å². The quantitative estimate of drug-likeness (QED) is 0.788. The second-order valence-corrected chi connectivity index (χ2v) is 4.79. The fraction of sp³-hybridized carbons (Fsp3) is 0.533. The standard InChI is InChI=1S/C15H23NO2/c1-6-16-12(5)15(17)13-7-8-14(11(4)9-13)18-10(2)3/h7-10,12,16H,6H2,1-5H3. The Morgan fingerprint density at radius 3 is 2.50 bits per heavy atom. The van der Waals surface area contributed by atoms with Gasteiger partial charge in [-0.1, -0.05) is 6.92 Å². The molecule has 0 aliphatic carbocycles. The van der Waals surface area contributed by atoms with E-state index in [4.69, 9.17) is 4.74 Å². The number of ketones is 1. The van der Waals surface area contributed by atoms with Crippen LogP contribution in [0.3, 0.4) is 0 Å². The predicted octanol–water partition coefficient (Wildman–Crippen LogP) is 2.96. The lowest BCUT2D eigenvalue weighted by Crippen LogP contribution is -2.33. The van der Waals surface area contributed by atoms with Crippen LogP contribution in [0.5, 0.6) is 5.75 Å². The summed E-state index contributed by atoms with van der Waals surface area (Å²) < 4.78 is 5.66. The molecular formula is C15H23NO2. The van der Waals surface area contributed by atoms with Crippen LogP contribution in [0.4, 0.5) is 0 Å². The highest BCUT2D eigenvalue weighted by atomic mass is 16.5. The molecule has 1 rings (SSSR count). The van der Waals surface area contributed by atoms with Crippen LogP contribution in [-0.2, 0) is 0 Å². The Balaban J connectivity index is 2.86. The average molecular weight is 249 g/mol. The zero-order chi connectivity index (χ0) is 13.7. The van der Waals surface area contributed by atoms with E-state index in [1.807, 2.05) is 52.8 Å². The summed E-state index contributed by atoms with van der Waals surface area (Å²) in [4.78, 5) is 12.1. The third-order valence-corrected chi connectivity index (χ3v) is 2.73. The Morgan fingerprint density at radius 1 is 1.33 bits per heavy atom. The van der Waals surface area contributed by atoms with Crippen molar-refractivity contribution < 1.29 is 9.53 Å². The molecule has 0 spiro atoms. The third kappa shape index (κ3) is 3.84. The average Bonchev–Trinajstić information content (AvgIpc) is 2.30.